The number of carbonyl (C=O) groups excluding carboxylic acids is 2. The number of nitrogens with one attached hydrogen (secondary N) is 1. The van der Waals surface area contributed by atoms with Gasteiger partial charge in [0.15, 0.2) is 11.5 Å². The van der Waals surface area contributed by atoms with Gasteiger partial charge in [0, 0.05) is 22.5 Å². The van der Waals surface area contributed by atoms with Crippen LogP contribution in [0.15, 0.2) is 48.5 Å². The number of hydrogen-bond acceptors (Lipinski definition) is 7. The van der Waals surface area contributed by atoms with Crippen LogP contribution in [0.2, 0.25) is 10.0 Å². The molecule has 11 heteroatoms. The van der Waals surface area contributed by atoms with Gasteiger partial charge in [0.2, 0.25) is 0 Å². The predicted molar refractivity (Wildman–Crippen MR) is 161 cm³/mol. The maximum atomic E-state index is 15.9. The summed E-state index contributed by atoms with van der Waals surface area (Å²) in [6.07, 6.45) is 0.297. The van der Waals surface area contributed by atoms with Gasteiger partial charge < -0.3 is 20.5 Å². The van der Waals surface area contributed by atoms with E-state index >= 15 is 8.78 Å². The van der Waals surface area contributed by atoms with Crippen LogP contribution in [0.5, 0.6) is 5.75 Å². The Labute approximate surface area is 258 Å². The number of nitrogens with zero attached hydrogens (tertiary/aromatic N) is 1. The average molecular weight is 631 g/mol. The molecule has 3 N–H and O–H groups in total. The Morgan fingerprint density at radius 1 is 1.09 bits per heavy atom. The molecule has 1 aliphatic heterocycles. The highest BCUT2D eigenvalue weighted by atomic mass is 35.5. The summed E-state index contributed by atoms with van der Waals surface area (Å²) in [5.41, 5.74) is 3.72. The summed E-state index contributed by atoms with van der Waals surface area (Å²) in [5, 5.41) is 14.2. The fourth-order valence-corrected chi connectivity index (χ4v) is 6.37. The Hall–Kier alpha value is -3.71. The summed E-state index contributed by atoms with van der Waals surface area (Å²) in [7, 11) is 2.47. The maximum absolute atomic E-state index is 15.9. The number of ketones is 1. The summed E-state index contributed by atoms with van der Waals surface area (Å²) >= 11 is 12.3. The Bertz CT molecular complexity index is 1640. The first-order valence-corrected chi connectivity index (χ1v) is 14.1. The lowest BCUT2D eigenvalue weighted by molar-refractivity contribution is 0.0601. The predicted octanol–water partition coefficient (Wildman–Crippen LogP) is 6.85. The Morgan fingerprint density at radius 3 is 2.35 bits per heavy atom. The van der Waals surface area contributed by atoms with Crippen molar-refractivity contribution in [1.82, 2.24) is 5.32 Å². The van der Waals surface area contributed by atoms with Crippen LogP contribution in [0, 0.1) is 28.4 Å². The smallest absolute Gasteiger partial charge is 0.340 e. The molecular formula is C32H31Cl2F2N3O4. The molecule has 4 rings (SSSR count). The van der Waals surface area contributed by atoms with Crippen LogP contribution in [0.3, 0.4) is 0 Å². The Morgan fingerprint density at radius 2 is 1.77 bits per heavy atom. The standard InChI is InChI=1S/C32H31Cl2F2N3O4/c1-31(2,3)14-23-32(15-37,20-12-9-16(33)13-22(20)35)24(17-7-6-8-21(34)25(17)36)27(39-23)28(40)19-11-10-18(30(41)43-5)26(38)29(19)42-4/h6-13,23-24,27,39H,14,38H2,1-5H3/t23-,24-,27+,32-/m0/s1. The summed E-state index contributed by atoms with van der Waals surface area (Å²) in [6, 6.07) is 11.1. The normalized spacial score (nSPS) is 21.7. The quantitative estimate of drug-likeness (QED) is 0.167. The minimum Gasteiger partial charge on any atom is -0.494 e. The van der Waals surface area contributed by atoms with Gasteiger partial charge in [-0.1, -0.05) is 62.2 Å². The lowest BCUT2D eigenvalue weighted by atomic mass is 9.62. The highest BCUT2D eigenvalue weighted by Gasteiger charge is 2.61. The second-order valence-electron chi connectivity index (χ2n) is 11.7. The van der Waals surface area contributed by atoms with E-state index in [9.17, 15) is 14.9 Å². The van der Waals surface area contributed by atoms with Crippen LogP contribution in [0.25, 0.3) is 0 Å². The third-order valence-electron chi connectivity index (χ3n) is 7.80. The van der Waals surface area contributed by atoms with Gasteiger partial charge in [-0.2, -0.15) is 5.26 Å². The number of Topliss-reactive ketones (excluding diaryl/α,β-unsaturated/α-hetero) is 1. The molecule has 0 unspecified atom stereocenters. The van der Waals surface area contributed by atoms with Gasteiger partial charge in [0.25, 0.3) is 0 Å². The van der Waals surface area contributed by atoms with Crippen molar-refractivity contribution in [2.75, 3.05) is 20.0 Å². The van der Waals surface area contributed by atoms with Gasteiger partial charge in [0.1, 0.15) is 17.0 Å². The first-order chi connectivity index (χ1) is 20.2. The van der Waals surface area contributed by atoms with Gasteiger partial charge in [-0.25, -0.2) is 13.6 Å². The van der Waals surface area contributed by atoms with Crippen molar-refractivity contribution in [2.24, 2.45) is 5.41 Å². The molecule has 0 saturated carbocycles. The number of rotatable bonds is 7. The van der Waals surface area contributed by atoms with E-state index in [0.29, 0.717) is 6.42 Å². The minimum absolute atomic E-state index is 0.0204. The molecule has 0 bridgehead atoms. The molecule has 43 heavy (non-hydrogen) atoms. The first-order valence-electron chi connectivity index (χ1n) is 13.4. The number of carbonyl (C=O) groups is 2. The van der Waals surface area contributed by atoms with Crippen molar-refractivity contribution in [3.05, 3.63) is 92.5 Å². The van der Waals surface area contributed by atoms with E-state index in [1.165, 1.54) is 56.7 Å². The zero-order chi connectivity index (χ0) is 31.9. The zero-order valence-electron chi connectivity index (χ0n) is 24.2. The van der Waals surface area contributed by atoms with E-state index in [1.807, 2.05) is 20.8 Å². The molecule has 0 amide bonds. The second-order valence-corrected chi connectivity index (χ2v) is 12.5. The lowest BCUT2D eigenvalue weighted by Gasteiger charge is -2.37. The fraction of sp³-hybridized carbons (Fsp3) is 0.344. The van der Waals surface area contributed by atoms with Crippen molar-refractivity contribution in [3.63, 3.8) is 0 Å². The molecule has 0 aromatic heterocycles. The number of nitriles is 1. The van der Waals surface area contributed by atoms with Crippen molar-refractivity contribution < 1.29 is 27.8 Å². The van der Waals surface area contributed by atoms with E-state index in [2.05, 4.69) is 11.4 Å². The van der Waals surface area contributed by atoms with Crippen molar-refractivity contribution in [1.29, 1.82) is 5.26 Å². The molecular weight excluding hydrogens is 599 g/mol. The summed E-state index contributed by atoms with van der Waals surface area (Å²) in [5.74, 6) is -4.35. The van der Waals surface area contributed by atoms with Crippen molar-refractivity contribution in [2.45, 2.75) is 50.6 Å². The van der Waals surface area contributed by atoms with Gasteiger partial charge in [-0.15, -0.1) is 0 Å². The maximum Gasteiger partial charge on any atom is 0.340 e. The number of methoxy groups -OCH3 is 2. The highest BCUT2D eigenvalue weighted by Crippen LogP contribution is 2.53. The van der Waals surface area contributed by atoms with Crippen LogP contribution < -0.4 is 15.8 Å². The van der Waals surface area contributed by atoms with E-state index in [1.54, 1.807) is 0 Å². The summed E-state index contributed by atoms with van der Waals surface area (Å²) in [4.78, 5) is 26.8. The van der Waals surface area contributed by atoms with E-state index < -0.39 is 52.2 Å². The molecule has 1 aliphatic rings. The molecule has 1 saturated heterocycles. The summed E-state index contributed by atoms with van der Waals surface area (Å²) in [6.45, 7) is 5.82. The van der Waals surface area contributed by atoms with Gasteiger partial charge in [0.05, 0.1) is 48.2 Å². The van der Waals surface area contributed by atoms with Crippen LogP contribution >= 0.6 is 23.2 Å². The topological polar surface area (TPSA) is 114 Å². The van der Waals surface area contributed by atoms with Crippen molar-refractivity contribution >= 4 is 40.6 Å². The van der Waals surface area contributed by atoms with Crippen LogP contribution in [-0.2, 0) is 10.2 Å². The molecule has 3 aromatic carbocycles. The fourth-order valence-electron chi connectivity index (χ4n) is 6.03. The number of nitrogen functional groups attached to an aromatic ring is 1. The van der Waals surface area contributed by atoms with Crippen LogP contribution in [0.1, 0.15) is 65.0 Å². The molecule has 0 aliphatic carbocycles. The number of esters is 1. The zero-order valence-corrected chi connectivity index (χ0v) is 25.7. The van der Waals surface area contributed by atoms with E-state index in [-0.39, 0.29) is 43.7 Å². The molecule has 0 spiro atoms. The largest absolute Gasteiger partial charge is 0.494 e. The third-order valence-corrected chi connectivity index (χ3v) is 8.33. The number of anilines is 1. The first kappa shape index (κ1) is 32.2. The Balaban J connectivity index is 2.05. The van der Waals surface area contributed by atoms with Crippen LogP contribution in [0.4, 0.5) is 14.5 Å². The molecule has 7 nitrogen and oxygen atoms in total. The molecule has 4 atom stereocenters. The number of halogens is 4. The van der Waals surface area contributed by atoms with Crippen molar-refractivity contribution in [3.8, 4) is 11.8 Å². The number of benzene rings is 3. The Kier molecular flexibility index (Phi) is 9.08. The molecule has 3 aromatic rings. The van der Waals surface area contributed by atoms with E-state index in [0.717, 1.165) is 6.07 Å². The molecule has 1 heterocycles. The number of nitrogens with two attached hydrogens (primary N) is 1. The molecule has 1 fully saturated rings. The summed E-state index contributed by atoms with van der Waals surface area (Å²) < 4.78 is 42.0. The third kappa shape index (κ3) is 5.67. The minimum atomic E-state index is -1.81. The monoisotopic (exact) mass is 629 g/mol. The average Bonchev–Trinajstić information content (AvgIpc) is 3.26. The lowest BCUT2D eigenvalue weighted by Crippen LogP contribution is -2.44. The molecule has 0 radical (unpaired) electrons. The second kappa shape index (κ2) is 12.1. The molecule has 226 valence electrons. The van der Waals surface area contributed by atoms with Gasteiger partial charge in [-0.3, -0.25) is 4.79 Å². The number of hydrogen-bond donors (Lipinski definition) is 2. The van der Waals surface area contributed by atoms with Crippen LogP contribution in [-0.4, -0.2) is 38.1 Å². The van der Waals surface area contributed by atoms with Gasteiger partial charge in [-0.05, 0) is 47.7 Å². The van der Waals surface area contributed by atoms with Gasteiger partial charge >= 0.3 is 5.97 Å². The van der Waals surface area contributed by atoms with E-state index in [4.69, 9.17) is 38.4 Å². The number of ether oxygens (including phenoxy) is 2. The highest BCUT2D eigenvalue weighted by molar-refractivity contribution is 6.31. The SMILES string of the molecule is COC(=O)c1ccc(C(=O)[C@@H]2N[C@@H](CC(C)(C)C)[C@](C#N)(c3ccc(Cl)cc3F)[C@H]2c2cccc(Cl)c2F)c(OC)c1N.